The quantitative estimate of drug-likeness (QED) is 0.294. The van der Waals surface area contributed by atoms with Crippen LogP contribution in [-0.4, -0.2) is 58.8 Å². The molecule has 0 aliphatic heterocycles. The van der Waals surface area contributed by atoms with E-state index in [2.05, 4.69) is 15.4 Å². The van der Waals surface area contributed by atoms with Gasteiger partial charge in [0.1, 0.15) is 0 Å². The topological polar surface area (TPSA) is 96.8 Å². The minimum absolute atomic E-state index is 0.257. The summed E-state index contributed by atoms with van der Waals surface area (Å²) in [5.41, 5.74) is 0.257. The first-order valence-electron chi connectivity index (χ1n) is 9.53. The largest absolute Gasteiger partial charge is 0.385 e. The van der Waals surface area contributed by atoms with Gasteiger partial charge in [0, 0.05) is 59.3 Å². The summed E-state index contributed by atoms with van der Waals surface area (Å²) in [4.78, 5) is 4.99. The smallest absolute Gasteiger partial charge is 0.242 e. The first kappa shape index (κ1) is 21.7. The molecule has 0 spiro atoms. The second kappa shape index (κ2) is 10.1. The maximum atomic E-state index is 12.2. The van der Waals surface area contributed by atoms with Gasteiger partial charge < -0.3 is 19.9 Å². The van der Waals surface area contributed by atoms with Crippen LogP contribution in [0.4, 0.5) is 0 Å². The van der Waals surface area contributed by atoms with Gasteiger partial charge in [-0.1, -0.05) is 6.42 Å². The van der Waals surface area contributed by atoms with Crippen LogP contribution in [0.25, 0.3) is 0 Å². The standard InChI is InChI=1S/C18H33N5O3S/c1-4-19-17(21-15-18(7-5-8-18)9-13-26-3)20-10-11-22-27(24,25)16-6-12-23(2)14-16/h6,12,14,22H,4-5,7-11,13,15H2,1-3H3,(H2,19,20,21). The summed E-state index contributed by atoms with van der Waals surface area (Å²) in [5.74, 6) is 0.722. The second-order valence-corrected chi connectivity index (χ2v) is 8.90. The average Bonchev–Trinajstić information content (AvgIpc) is 3.04. The maximum Gasteiger partial charge on any atom is 0.242 e. The van der Waals surface area contributed by atoms with Crippen LogP contribution in [0.2, 0.25) is 0 Å². The van der Waals surface area contributed by atoms with Crippen LogP contribution in [0.5, 0.6) is 0 Å². The molecule has 0 aromatic carbocycles. The molecule has 0 saturated heterocycles. The molecule has 0 atom stereocenters. The minimum atomic E-state index is -3.48. The molecule has 154 valence electrons. The number of aryl methyl sites for hydroxylation is 1. The average molecular weight is 400 g/mol. The fraction of sp³-hybridized carbons (Fsp3) is 0.722. The molecule has 1 heterocycles. The molecule has 9 heteroatoms. The summed E-state index contributed by atoms with van der Waals surface area (Å²) >= 11 is 0. The van der Waals surface area contributed by atoms with Gasteiger partial charge in [-0.05, 0) is 37.7 Å². The Labute approximate surface area is 162 Å². The molecule has 27 heavy (non-hydrogen) atoms. The summed E-state index contributed by atoms with van der Waals surface area (Å²) in [5, 5.41) is 6.42. The van der Waals surface area contributed by atoms with E-state index in [1.54, 1.807) is 37.2 Å². The zero-order valence-electron chi connectivity index (χ0n) is 16.6. The third-order valence-electron chi connectivity index (χ3n) is 4.99. The van der Waals surface area contributed by atoms with Crippen molar-refractivity contribution in [2.24, 2.45) is 17.5 Å². The number of hydrogen-bond acceptors (Lipinski definition) is 4. The number of methoxy groups -OCH3 is 1. The number of nitrogens with zero attached hydrogens (tertiary/aromatic N) is 2. The van der Waals surface area contributed by atoms with Crippen molar-refractivity contribution in [2.45, 2.75) is 37.5 Å². The van der Waals surface area contributed by atoms with Crippen molar-refractivity contribution in [1.82, 2.24) is 19.9 Å². The van der Waals surface area contributed by atoms with Gasteiger partial charge in [-0.2, -0.15) is 0 Å². The van der Waals surface area contributed by atoms with Gasteiger partial charge in [-0.3, -0.25) is 4.99 Å². The molecular formula is C18H33N5O3S. The second-order valence-electron chi connectivity index (χ2n) is 7.13. The van der Waals surface area contributed by atoms with Crippen LogP contribution in [0, 0.1) is 5.41 Å². The van der Waals surface area contributed by atoms with Crippen molar-refractivity contribution in [2.75, 3.05) is 39.9 Å². The number of aliphatic imine (C=N–C) groups is 1. The third kappa shape index (κ3) is 6.51. The Morgan fingerprint density at radius 1 is 1.33 bits per heavy atom. The monoisotopic (exact) mass is 399 g/mol. The Morgan fingerprint density at radius 3 is 2.67 bits per heavy atom. The Kier molecular flexibility index (Phi) is 8.12. The molecule has 8 nitrogen and oxygen atoms in total. The summed E-state index contributed by atoms with van der Waals surface area (Å²) < 4.78 is 34.0. The van der Waals surface area contributed by atoms with Crippen molar-refractivity contribution >= 4 is 16.0 Å². The van der Waals surface area contributed by atoms with Crippen LogP contribution in [0.15, 0.2) is 28.3 Å². The number of nitrogens with one attached hydrogen (secondary N) is 3. The number of guanidine groups is 1. The molecule has 1 aromatic rings. The van der Waals surface area contributed by atoms with Gasteiger partial charge in [-0.15, -0.1) is 0 Å². The van der Waals surface area contributed by atoms with Crippen LogP contribution in [-0.2, 0) is 21.8 Å². The van der Waals surface area contributed by atoms with Gasteiger partial charge in [0.15, 0.2) is 5.96 Å². The molecule has 1 aliphatic carbocycles. The van der Waals surface area contributed by atoms with E-state index in [9.17, 15) is 8.42 Å². The number of rotatable bonds is 11. The molecule has 0 bridgehead atoms. The van der Waals surface area contributed by atoms with Gasteiger partial charge >= 0.3 is 0 Å². The van der Waals surface area contributed by atoms with E-state index in [-0.39, 0.29) is 16.9 Å². The van der Waals surface area contributed by atoms with Crippen molar-refractivity contribution < 1.29 is 13.2 Å². The summed E-state index contributed by atoms with van der Waals surface area (Å²) in [6, 6.07) is 1.58. The Bertz CT molecular complexity index is 710. The van der Waals surface area contributed by atoms with Gasteiger partial charge in [-0.25, -0.2) is 13.1 Å². The zero-order chi connectivity index (χ0) is 19.8. The maximum absolute atomic E-state index is 12.2. The normalized spacial score (nSPS) is 16.8. The predicted octanol–water partition coefficient (Wildman–Crippen LogP) is 1.07. The molecule has 1 saturated carbocycles. The fourth-order valence-electron chi connectivity index (χ4n) is 3.16. The van der Waals surface area contributed by atoms with Crippen molar-refractivity contribution in [3.05, 3.63) is 18.5 Å². The molecule has 0 amide bonds. The Balaban J connectivity index is 1.81. The van der Waals surface area contributed by atoms with E-state index in [0.717, 1.165) is 32.1 Å². The number of sulfonamides is 1. The van der Waals surface area contributed by atoms with Gasteiger partial charge in [0.05, 0.1) is 4.90 Å². The van der Waals surface area contributed by atoms with Crippen LogP contribution >= 0.6 is 0 Å². The number of aromatic nitrogens is 1. The summed E-state index contributed by atoms with van der Waals surface area (Å²) in [7, 11) is 0.0515. The number of ether oxygens (including phenoxy) is 1. The fourth-order valence-corrected chi connectivity index (χ4v) is 4.24. The molecule has 0 unspecified atom stereocenters. The highest BCUT2D eigenvalue weighted by Gasteiger charge is 2.36. The van der Waals surface area contributed by atoms with Crippen LogP contribution in [0.1, 0.15) is 32.6 Å². The van der Waals surface area contributed by atoms with E-state index in [4.69, 9.17) is 9.73 Å². The zero-order valence-corrected chi connectivity index (χ0v) is 17.4. The molecule has 0 radical (unpaired) electrons. The van der Waals surface area contributed by atoms with Crippen molar-refractivity contribution in [3.8, 4) is 0 Å². The van der Waals surface area contributed by atoms with Crippen molar-refractivity contribution in [3.63, 3.8) is 0 Å². The highest BCUT2D eigenvalue weighted by molar-refractivity contribution is 7.89. The first-order chi connectivity index (χ1) is 12.9. The minimum Gasteiger partial charge on any atom is -0.385 e. The molecule has 1 aliphatic rings. The molecule has 1 aromatic heterocycles. The van der Waals surface area contributed by atoms with E-state index in [1.165, 1.54) is 19.3 Å². The lowest BCUT2D eigenvalue weighted by molar-refractivity contribution is 0.0778. The first-order valence-corrected chi connectivity index (χ1v) is 11.0. The van der Waals surface area contributed by atoms with E-state index < -0.39 is 10.0 Å². The lowest BCUT2D eigenvalue weighted by Gasteiger charge is -2.40. The summed E-state index contributed by atoms with van der Waals surface area (Å²) in [6.45, 7) is 5.05. The molecule has 3 N–H and O–H groups in total. The van der Waals surface area contributed by atoms with E-state index >= 15 is 0 Å². The highest BCUT2D eigenvalue weighted by Crippen LogP contribution is 2.44. The predicted molar refractivity (Wildman–Crippen MR) is 107 cm³/mol. The van der Waals surface area contributed by atoms with Crippen molar-refractivity contribution in [1.29, 1.82) is 0 Å². The lowest BCUT2D eigenvalue weighted by Crippen LogP contribution is -2.43. The Hall–Kier alpha value is -1.58. The SMILES string of the molecule is CCNC(=NCC1(CCOC)CCC1)NCCNS(=O)(=O)c1ccn(C)c1. The highest BCUT2D eigenvalue weighted by atomic mass is 32.2. The van der Waals surface area contributed by atoms with Gasteiger partial charge in [0.25, 0.3) is 0 Å². The third-order valence-corrected chi connectivity index (χ3v) is 6.44. The van der Waals surface area contributed by atoms with Crippen LogP contribution in [0.3, 0.4) is 0 Å². The van der Waals surface area contributed by atoms with Gasteiger partial charge in [0.2, 0.25) is 10.0 Å². The molecule has 2 rings (SSSR count). The van der Waals surface area contributed by atoms with E-state index in [1.807, 2.05) is 6.92 Å². The number of hydrogen-bond donors (Lipinski definition) is 3. The Morgan fingerprint density at radius 2 is 2.11 bits per heavy atom. The summed E-state index contributed by atoms with van der Waals surface area (Å²) in [6.07, 6.45) is 7.96. The van der Waals surface area contributed by atoms with Crippen LogP contribution < -0.4 is 15.4 Å². The van der Waals surface area contributed by atoms with E-state index in [0.29, 0.717) is 6.54 Å². The molecule has 1 fully saturated rings. The molecular weight excluding hydrogens is 366 g/mol. The lowest BCUT2D eigenvalue weighted by atomic mass is 9.67.